The van der Waals surface area contributed by atoms with E-state index in [0.29, 0.717) is 13.0 Å². The fraction of sp³-hybridized carbons (Fsp3) is 0.929. The van der Waals surface area contributed by atoms with E-state index in [1.165, 1.54) is 38.5 Å². The molecule has 0 spiro atoms. The molecule has 0 aliphatic rings. The fourth-order valence-corrected chi connectivity index (χ4v) is 1.95. The highest BCUT2D eigenvalue weighted by atomic mass is 16.4. The summed E-state index contributed by atoms with van der Waals surface area (Å²) in [7, 11) is 0. The van der Waals surface area contributed by atoms with Crippen LogP contribution >= 0.6 is 0 Å². The highest BCUT2D eigenvalue weighted by Crippen LogP contribution is 2.10. The average molecular weight is 259 g/mol. The second-order valence-corrected chi connectivity index (χ2v) is 4.92. The van der Waals surface area contributed by atoms with Crippen LogP contribution in [0.2, 0.25) is 0 Å². The third-order valence-corrected chi connectivity index (χ3v) is 3.07. The smallest absolute Gasteiger partial charge is 0.317 e. The van der Waals surface area contributed by atoms with E-state index in [0.717, 1.165) is 12.8 Å². The first-order valence-electron chi connectivity index (χ1n) is 7.27. The minimum atomic E-state index is -0.850. The molecule has 0 aromatic carbocycles. The molecule has 0 aromatic heterocycles. The Bertz CT molecular complexity index is 197. The lowest BCUT2D eigenvalue weighted by Crippen LogP contribution is -2.26. The zero-order valence-corrected chi connectivity index (χ0v) is 11.7. The van der Waals surface area contributed by atoms with E-state index in [4.69, 9.17) is 5.11 Å². The van der Waals surface area contributed by atoms with Gasteiger partial charge in [-0.15, -0.1) is 0 Å². The number of hydrogen-bond donors (Lipinski definition) is 3. The molecular weight excluding hydrogens is 230 g/mol. The van der Waals surface area contributed by atoms with Crippen molar-refractivity contribution in [3.8, 4) is 0 Å². The molecule has 1 unspecified atom stereocenters. The number of nitrogens with one attached hydrogen (secondary N) is 1. The molecule has 1 atom stereocenters. The Kier molecular flexibility index (Phi) is 12.4. The molecular formula is C14H29NO3. The molecule has 0 heterocycles. The maximum atomic E-state index is 10.2. The van der Waals surface area contributed by atoms with Crippen LogP contribution in [0.3, 0.4) is 0 Å². The van der Waals surface area contributed by atoms with E-state index in [-0.39, 0.29) is 12.6 Å². The second kappa shape index (κ2) is 12.8. The number of aliphatic hydroxyl groups excluding tert-OH is 1. The summed E-state index contributed by atoms with van der Waals surface area (Å²) in [6.07, 6.45) is 9.98. The number of unbranched alkanes of at least 4 members (excludes halogenated alkanes) is 6. The first kappa shape index (κ1) is 17.4. The van der Waals surface area contributed by atoms with Crippen molar-refractivity contribution < 1.29 is 15.0 Å². The number of carbonyl (C=O) groups is 1. The molecule has 0 bridgehead atoms. The third kappa shape index (κ3) is 13.5. The molecule has 0 aliphatic heterocycles. The molecule has 18 heavy (non-hydrogen) atoms. The van der Waals surface area contributed by atoms with Crippen molar-refractivity contribution in [1.82, 2.24) is 5.32 Å². The van der Waals surface area contributed by atoms with E-state index >= 15 is 0 Å². The van der Waals surface area contributed by atoms with Gasteiger partial charge < -0.3 is 15.5 Å². The highest BCUT2D eigenvalue weighted by Gasteiger charge is 2.04. The predicted octanol–water partition coefficient (Wildman–Crippen LogP) is 2.55. The van der Waals surface area contributed by atoms with Crippen LogP contribution in [0.25, 0.3) is 0 Å². The lowest BCUT2D eigenvalue weighted by Gasteiger charge is -2.10. The Labute approximate surface area is 111 Å². The van der Waals surface area contributed by atoms with Crippen molar-refractivity contribution in [3.05, 3.63) is 0 Å². The van der Waals surface area contributed by atoms with Gasteiger partial charge in [0, 0.05) is 0 Å². The zero-order valence-electron chi connectivity index (χ0n) is 11.7. The Balaban J connectivity index is 3.16. The Morgan fingerprint density at radius 3 is 2.28 bits per heavy atom. The summed E-state index contributed by atoms with van der Waals surface area (Å²) in [4.78, 5) is 10.2. The third-order valence-electron chi connectivity index (χ3n) is 3.07. The minimum Gasteiger partial charge on any atom is -0.480 e. The van der Waals surface area contributed by atoms with Crippen molar-refractivity contribution >= 4 is 5.97 Å². The summed E-state index contributed by atoms with van der Waals surface area (Å²) in [5.74, 6) is -0.850. The predicted molar refractivity (Wildman–Crippen MR) is 73.7 cm³/mol. The maximum absolute atomic E-state index is 10.2. The van der Waals surface area contributed by atoms with E-state index in [9.17, 15) is 9.90 Å². The van der Waals surface area contributed by atoms with Crippen LogP contribution < -0.4 is 5.32 Å². The molecule has 0 saturated heterocycles. The number of carboxylic acids is 1. The zero-order chi connectivity index (χ0) is 13.6. The second-order valence-electron chi connectivity index (χ2n) is 4.92. The lowest BCUT2D eigenvalue weighted by molar-refractivity contribution is -0.135. The van der Waals surface area contributed by atoms with Gasteiger partial charge in [0.2, 0.25) is 0 Å². The molecule has 108 valence electrons. The summed E-state index contributed by atoms with van der Waals surface area (Å²) < 4.78 is 0. The molecule has 4 heteroatoms. The van der Waals surface area contributed by atoms with E-state index in [1.54, 1.807) is 0 Å². The molecule has 0 fully saturated rings. The van der Waals surface area contributed by atoms with Gasteiger partial charge in [0.1, 0.15) is 0 Å². The van der Waals surface area contributed by atoms with Gasteiger partial charge in [-0.05, 0) is 19.4 Å². The molecule has 0 aliphatic carbocycles. The number of aliphatic hydroxyl groups is 1. The van der Waals surface area contributed by atoms with Crippen molar-refractivity contribution in [2.45, 2.75) is 70.8 Å². The van der Waals surface area contributed by atoms with Gasteiger partial charge in [-0.3, -0.25) is 4.79 Å². The summed E-state index contributed by atoms with van der Waals surface area (Å²) in [5, 5.41) is 20.9. The van der Waals surface area contributed by atoms with E-state index in [2.05, 4.69) is 12.2 Å². The van der Waals surface area contributed by atoms with Crippen LogP contribution in [0.15, 0.2) is 0 Å². The highest BCUT2D eigenvalue weighted by molar-refractivity contribution is 5.68. The minimum absolute atomic E-state index is 0.0237. The average Bonchev–Trinajstić information content (AvgIpc) is 2.33. The van der Waals surface area contributed by atoms with Gasteiger partial charge in [-0.1, -0.05) is 51.9 Å². The molecule has 0 saturated carbocycles. The number of carboxylic acid groups (broad SMARTS) is 1. The van der Waals surface area contributed by atoms with Crippen molar-refractivity contribution in [2.24, 2.45) is 0 Å². The quantitative estimate of drug-likeness (QED) is 0.445. The SMILES string of the molecule is CCCCCCCCCC(O)CCNCC(=O)O. The Morgan fingerprint density at radius 2 is 1.67 bits per heavy atom. The van der Waals surface area contributed by atoms with Gasteiger partial charge in [0.05, 0.1) is 12.6 Å². The normalized spacial score (nSPS) is 12.6. The van der Waals surface area contributed by atoms with Crippen LogP contribution in [0, 0.1) is 0 Å². The topological polar surface area (TPSA) is 69.6 Å². The van der Waals surface area contributed by atoms with Crippen LogP contribution in [-0.2, 0) is 4.79 Å². The summed E-state index contributed by atoms with van der Waals surface area (Å²) in [6, 6.07) is 0. The van der Waals surface area contributed by atoms with Crippen molar-refractivity contribution in [3.63, 3.8) is 0 Å². The van der Waals surface area contributed by atoms with Crippen LogP contribution in [0.5, 0.6) is 0 Å². The van der Waals surface area contributed by atoms with Crippen LogP contribution in [0.4, 0.5) is 0 Å². The first-order valence-corrected chi connectivity index (χ1v) is 7.27. The molecule has 0 aromatic rings. The van der Waals surface area contributed by atoms with Crippen molar-refractivity contribution in [2.75, 3.05) is 13.1 Å². The van der Waals surface area contributed by atoms with Crippen molar-refractivity contribution in [1.29, 1.82) is 0 Å². The molecule has 0 amide bonds. The van der Waals surface area contributed by atoms with Crippen LogP contribution in [0.1, 0.15) is 64.7 Å². The summed E-state index contributed by atoms with van der Waals surface area (Å²) in [6.45, 7) is 2.77. The largest absolute Gasteiger partial charge is 0.480 e. The molecule has 0 radical (unpaired) electrons. The van der Waals surface area contributed by atoms with Gasteiger partial charge in [0.15, 0.2) is 0 Å². The van der Waals surface area contributed by atoms with Gasteiger partial charge >= 0.3 is 5.97 Å². The molecule has 0 rings (SSSR count). The molecule has 4 nitrogen and oxygen atoms in total. The first-order chi connectivity index (χ1) is 8.66. The molecule has 3 N–H and O–H groups in total. The van der Waals surface area contributed by atoms with Gasteiger partial charge in [-0.2, -0.15) is 0 Å². The Hall–Kier alpha value is -0.610. The lowest BCUT2D eigenvalue weighted by atomic mass is 10.0. The standard InChI is InChI=1S/C14H29NO3/c1-2-3-4-5-6-7-8-9-13(16)10-11-15-12-14(17)18/h13,15-16H,2-12H2,1H3,(H,17,18). The summed E-state index contributed by atoms with van der Waals surface area (Å²) >= 11 is 0. The van der Waals surface area contributed by atoms with Crippen LogP contribution in [-0.4, -0.2) is 35.4 Å². The van der Waals surface area contributed by atoms with E-state index < -0.39 is 5.97 Å². The monoisotopic (exact) mass is 259 g/mol. The van der Waals surface area contributed by atoms with Gasteiger partial charge in [-0.25, -0.2) is 0 Å². The Morgan fingerprint density at radius 1 is 1.06 bits per heavy atom. The number of rotatable bonds is 13. The maximum Gasteiger partial charge on any atom is 0.317 e. The number of hydrogen-bond acceptors (Lipinski definition) is 3. The summed E-state index contributed by atoms with van der Waals surface area (Å²) in [5.41, 5.74) is 0. The van der Waals surface area contributed by atoms with E-state index in [1.807, 2.05) is 0 Å². The van der Waals surface area contributed by atoms with Gasteiger partial charge in [0.25, 0.3) is 0 Å². The fourth-order valence-electron chi connectivity index (χ4n) is 1.95. The number of aliphatic carboxylic acids is 1.